The molecule has 1 aliphatic rings. The highest BCUT2D eigenvalue weighted by Gasteiger charge is 2.19. The van der Waals surface area contributed by atoms with Gasteiger partial charge in [-0.2, -0.15) is 0 Å². The van der Waals surface area contributed by atoms with E-state index >= 15 is 0 Å². The van der Waals surface area contributed by atoms with E-state index in [0.717, 1.165) is 17.3 Å². The molecule has 0 radical (unpaired) electrons. The van der Waals surface area contributed by atoms with Crippen molar-refractivity contribution in [1.82, 2.24) is 14.7 Å². The molecule has 2 aromatic heterocycles. The molecule has 0 unspecified atom stereocenters. The Morgan fingerprint density at radius 2 is 2.10 bits per heavy atom. The summed E-state index contributed by atoms with van der Waals surface area (Å²) in [7, 11) is 0. The van der Waals surface area contributed by atoms with Crippen LogP contribution in [0.5, 0.6) is 0 Å². The summed E-state index contributed by atoms with van der Waals surface area (Å²) >= 11 is 0. The Balaban J connectivity index is 1.65. The molecule has 1 N–H and O–H groups in total. The van der Waals surface area contributed by atoms with E-state index in [1.165, 1.54) is 32.1 Å². The minimum atomic E-state index is -0.00732. The number of aromatic nitrogens is 2. The fourth-order valence-corrected chi connectivity index (χ4v) is 3.22. The van der Waals surface area contributed by atoms with Crippen LogP contribution in [0.15, 0.2) is 35.3 Å². The minimum Gasteiger partial charge on any atom is -0.308 e. The highest BCUT2D eigenvalue weighted by atomic mass is 16.1. The Kier molecular flexibility index (Phi) is 4.34. The summed E-state index contributed by atoms with van der Waals surface area (Å²) in [6.07, 6.45) is 8.18. The van der Waals surface area contributed by atoms with E-state index in [9.17, 15) is 4.79 Å². The first-order valence-electron chi connectivity index (χ1n) is 7.97. The second kappa shape index (κ2) is 6.39. The summed E-state index contributed by atoms with van der Waals surface area (Å²) in [5.74, 6) is 0.909. The van der Waals surface area contributed by atoms with Crippen LogP contribution in [0, 0.1) is 5.92 Å². The summed E-state index contributed by atoms with van der Waals surface area (Å²) in [5.41, 5.74) is 1.55. The lowest BCUT2D eigenvalue weighted by molar-refractivity contribution is 0.284. The average Bonchev–Trinajstić information content (AvgIpc) is 2.53. The summed E-state index contributed by atoms with van der Waals surface area (Å²) in [6, 6.07) is 7.84. The fraction of sp³-hybridized carbons (Fsp3) is 0.529. The Labute approximate surface area is 125 Å². The quantitative estimate of drug-likeness (QED) is 0.939. The predicted molar refractivity (Wildman–Crippen MR) is 84.3 cm³/mol. The smallest absolute Gasteiger partial charge is 0.258 e. The number of nitrogens with one attached hydrogen (secondary N) is 1. The van der Waals surface area contributed by atoms with Crippen LogP contribution >= 0.6 is 0 Å². The average molecular weight is 285 g/mol. The molecule has 0 aliphatic heterocycles. The topological polar surface area (TPSA) is 46.4 Å². The molecular weight excluding hydrogens is 262 g/mol. The molecule has 2 heterocycles. The van der Waals surface area contributed by atoms with Crippen LogP contribution in [0.1, 0.15) is 44.7 Å². The first-order chi connectivity index (χ1) is 10.3. The molecule has 1 aliphatic carbocycles. The van der Waals surface area contributed by atoms with Gasteiger partial charge in [-0.05, 0) is 43.7 Å². The summed E-state index contributed by atoms with van der Waals surface area (Å²) in [5, 5.41) is 3.56. The van der Waals surface area contributed by atoms with Crippen molar-refractivity contribution in [1.29, 1.82) is 0 Å². The SMILES string of the molecule is CCC1CCC(NCc2cc(=O)n3ccccc3n2)CC1. The Bertz CT molecular complexity index is 656. The number of hydrogen-bond donors (Lipinski definition) is 1. The standard InChI is InChI=1S/C17H23N3O/c1-2-13-6-8-14(9-7-13)18-12-15-11-17(21)20-10-4-3-5-16(20)19-15/h3-5,10-11,13-14,18H,2,6-9,12H2,1H3. The molecule has 0 spiro atoms. The third kappa shape index (κ3) is 3.32. The maximum Gasteiger partial charge on any atom is 0.258 e. The van der Waals surface area contributed by atoms with Crippen LogP contribution in [0.2, 0.25) is 0 Å². The third-order valence-corrected chi connectivity index (χ3v) is 4.62. The van der Waals surface area contributed by atoms with Crippen molar-refractivity contribution >= 4 is 5.65 Å². The van der Waals surface area contributed by atoms with Gasteiger partial charge in [-0.3, -0.25) is 9.20 Å². The second-order valence-corrected chi connectivity index (χ2v) is 6.02. The molecule has 0 saturated heterocycles. The van der Waals surface area contributed by atoms with Crippen LogP contribution in [0.25, 0.3) is 5.65 Å². The van der Waals surface area contributed by atoms with Crippen molar-refractivity contribution in [3.63, 3.8) is 0 Å². The monoisotopic (exact) mass is 285 g/mol. The van der Waals surface area contributed by atoms with Gasteiger partial charge in [0.05, 0.1) is 5.69 Å². The van der Waals surface area contributed by atoms with Gasteiger partial charge in [0.15, 0.2) is 0 Å². The number of rotatable bonds is 4. The van der Waals surface area contributed by atoms with E-state index in [-0.39, 0.29) is 5.56 Å². The third-order valence-electron chi connectivity index (χ3n) is 4.62. The Morgan fingerprint density at radius 1 is 1.29 bits per heavy atom. The Hall–Kier alpha value is -1.68. The van der Waals surface area contributed by atoms with Gasteiger partial charge in [0, 0.05) is 24.8 Å². The zero-order valence-corrected chi connectivity index (χ0v) is 12.6. The van der Waals surface area contributed by atoms with Crippen LogP contribution < -0.4 is 10.9 Å². The van der Waals surface area contributed by atoms with E-state index in [0.29, 0.717) is 12.6 Å². The molecule has 112 valence electrons. The number of hydrogen-bond acceptors (Lipinski definition) is 3. The highest BCUT2D eigenvalue weighted by molar-refractivity contribution is 5.37. The van der Waals surface area contributed by atoms with Crippen molar-refractivity contribution in [2.75, 3.05) is 0 Å². The van der Waals surface area contributed by atoms with E-state index < -0.39 is 0 Å². The number of pyridine rings is 1. The van der Waals surface area contributed by atoms with Gasteiger partial charge in [0.1, 0.15) is 5.65 Å². The minimum absolute atomic E-state index is 0.00732. The molecule has 4 nitrogen and oxygen atoms in total. The fourth-order valence-electron chi connectivity index (χ4n) is 3.22. The molecule has 0 bridgehead atoms. The summed E-state index contributed by atoms with van der Waals surface area (Å²) in [6.45, 7) is 2.97. The van der Waals surface area contributed by atoms with Gasteiger partial charge in [0.2, 0.25) is 0 Å². The van der Waals surface area contributed by atoms with Crippen molar-refractivity contribution in [2.45, 2.75) is 51.6 Å². The highest BCUT2D eigenvalue weighted by Crippen LogP contribution is 2.26. The summed E-state index contributed by atoms with van der Waals surface area (Å²) < 4.78 is 1.58. The zero-order valence-electron chi connectivity index (χ0n) is 12.6. The zero-order chi connectivity index (χ0) is 14.7. The molecule has 21 heavy (non-hydrogen) atoms. The van der Waals surface area contributed by atoms with Gasteiger partial charge in [-0.1, -0.05) is 19.4 Å². The normalized spacial score (nSPS) is 22.5. The predicted octanol–water partition coefficient (Wildman–Crippen LogP) is 2.75. The van der Waals surface area contributed by atoms with E-state index in [4.69, 9.17) is 0 Å². The molecule has 4 heteroatoms. The van der Waals surface area contributed by atoms with E-state index in [2.05, 4.69) is 17.2 Å². The number of nitrogens with zero attached hydrogens (tertiary/aromatic N) is 2. The Morgan fingerprint density at radius 3 is 2.86 bits per heavy atom. The van der Waals surface area contributed by atoms with Crippen LogP contribution in [0.3, 0.4) is 0 Å². The molecule has 0 atom stereocenters. The first kappa shape index (κ1) is 14.3. The maximum absolute atomic E-state index is 12.0. The number of fused-ring (bicyclic) bond motifs is 1. The molecule has 1 fully saturated rings. The van der Waals surface area contributed by atoms with Crippen LogP contribution in [-0.4, -0.2) is 15.4 Å². The lowest BCUT2D eigenvalue weighted by atomic mass is 9.84. The molecular formula is C17H23N3O. The maximum atomic E-state index is 12.0. The first-order valence-corrected chi connectivity index (χ1v) is 7.97. The van der Waals surface area contributed by atoms with Crippen molar-refractivity contribution in [3.8, 4) is 0 Å². The van der Waals surface area contributed by atoms with Crippen molar-refractivity contribution < 1.29 is 0 Å². The van der Waals surface area contributed by atoms with Crippen LogP contribution in [0.4, 0.5) is 0 Å². The van der Waals surface area contributed by atoms with Gasteiger partial charge < -0.3 is 5.32 Å². The molecule has 3 rings (SSSR count). The summed E-state index contributed by atoms with van der Waals surface area (Å²) in [4.78, 5) is 16.6. The molecule has 0 aromatic carbocycles. The molecule has 0 amide bonds. The van der Waals surface area contributed by atoms with Crippen molar-refractivity contribution in [3.05, 3.63) is 46.5 Å². The van der Waals surface area contributed by atoms with Crippen molar-refractivity contribution in [2.24, 2.45) is 5.92 Å². The largest absolute Gasteiger partial charge is 0.308 e. The van der Waals surface area contributed by atoms with Gasteiger partial charge >= 0.3 is 0 Å². The lowest BCUT2D eigenvalue weighted by Crippen LogP contribution is -2.33. The van der Waals surface area contributed by atoms with Gasteiger partial charge in [-0.25, -0.2) is 4.98 Å². The lowest BCUT2D eigenvalue weighted by Gasteiger charge is -2.28. The van der Waals surface area contributed by atoms with Gasteiger partial charge in [-0.15, -0.1) is 0 Å². The van der Waals surface area contributed by atoms with E-state index in [1.807, 2.05) is 18.2 Å². The molecule has 1 saturated carbocycles. The molecule has 2 aromatic rings. The second-order valence-electron chi connectivity index (χ2n) is 6.02. The van der Waals surface area contributed by atoms with Gasteiger partial charge in [0.25, 0.3) is 5.56 Å². The van der Waals surface area contributed by atoms with Crippen LogP contribution in [-0.2, 0) is 6.54 Å². The van der Waals surface area contributed by atoms with E-state index in [1.54, 1.807) is 16.7 Å².